The maximum absolute atomic E-state index is 5.56. The van der Waals surface area contributed by atoms with Gasteiger partial charge in [-0.2, -0.15) is 0 Å². The Hall–Kier alpha value is 0.440. The molecule has 0 N–H and O–H groups in total. The maximum atomic E-state index is 5.56. The molecule has 2 heteroatoms. The Morgan fingerprint density at radius 1 is 1.45 bits per heavy atom. The molecular formula is C9H19BrO. The van der Waals surface area contributed by atoms with E-state index in [0.717, 1.165) is 18.4 Å². The zero-order valence-corrected chi connectivity index (χ0v) is 9.57. The van der Waals surface area contributed by atoms with Gasteiger partial charge in [0.05, 0.1) is 12.7 Å². The predicted molar refractivity (Wildman–Crippen MR) is 53.3 cm³/mol. The molecule has 0 aromatic heterocycles. The molecule has 0 rings (SSSR count). The molecule has 1 atom stereocenters. The molecule has 0 aromatic carbocycles. The van der Waals surface area contributed by atoms with Crippen LogP contribution >= 0.6 is 15.9 Å². The van der Waals surface area contributed by atoms with Gasteiger partial charge in [0.25, 0.3) is 0 Å². The van der Waals surface area contributed by atoms with Crippen molar-refractivity contribution in [1.82, 2.24) is 0 Å². The van der Waals surface area contributed by atoms with Crippen molar-refractivity contribution >= 4 is 15.9 Å². The minimum absolute atomic E-state index is 0.310. The molecule has 0 aliphatic rings. The third-order valence-electron chi connectivity index (χ3n) is 1.94. The predicted octanol–water partition coefficient (Wildman–Crippen LogP) is 3.22. The fraction of sp³-hybridized carbons (Fsp3) is 1.00. The van der Waals surface area contributed by atoms with E-state index in [1.807, 2.05) is 0 Å². The first kappa shape index (κ1) is 11.4. The lowest BCUT2D eigenvalue weighted by Crippen LogP contribution is -2.25. The average molecular weight is 223 g/mol. The van der Waals surface area contributed by atoms with E-state index in [9.17, 15) is 0 Å². The highest BCUT2D eigenvalue weighted by Gasteiger charge is 2.20. The molecular weight excluding hydrogens is 204 g/mol. The molecule has 11 heavy (non-hydrogen) atoms. The van der Waals surface area contributed by atoms with Gasteiger partial charge in [-0.3, -0.25) is 0 Å². The van der Waals surface area contributed by atoms with E-state index in [1.54, 1.807) is 0 Å². The van der Waals surface area contributed by atoms with E-state index in [1.165, 1.54) is 0 Å². The van der Waals surface area contributed by atoms with Crippen molar-refractivity contribution in [2.45, 2.75) is 40.2 Å². The third-order valence-corrected chi connectivity index (χ3v) is 3.30. The fourth-order valence-electron chi connectivity index (χ4n) is 0.603. The molecule has 0 radical (unpaired) electrons. The van der Waals surface area contributed by atoms with Gasteiger partial charge in [-0.1, -0.05) is 29.8 Å². The summed E-state index contributed by atoms with van der Waals surface area (Å²) in [5, 5.41) is 1.02. The Bertz CT molecular complexity index is 97.7. The van der Waals surface area contributed by atoms with Gasteiger partial charge >= 0.3 is 0 Å². The molecule has 0 aliphatic heterocycles. The minimum Gasteiger partial charge on any atom is -0.378 e. The SMILES string of the molecule is CCC(C)(CBr)COC(C)C. The van der Waals surface area contributed by atoms with Crippen molar-refractivity contribution in [1.29, 1.82) is 0 Å². The monoisotopic (exact) mass is 222 g/mol. The van der Waals surface area contributed by atoms with Crippen LogP contribution in [0.3, 0.4) is 0 Å². The lowest BCUT2D eigenvalue weighted by Gasteiger charge is -2.26. The van der Waals surface area contributed by atoms with E-state index in [-0.39, 0.29) is 0 Å². The Labute approximate surface area is 78.6 Å². The molecule has 1 nitrogen and oxygen atoms in total. The van der Waals surface area contributed by atoms with Crippen molar-refractivity contribution < 1.29 is 4.74 Å². The largest absolute Gasteiger partial charge is 0.378 e. The van der Waals surface area contributed by atoms with Crippen LogP contribution in [0.1, 0.15) is 34.1 Å². The van der Waals surface area contributed by atoms with E-state index in [0.29, 0.717) is 11.5 Å². The van der Waals surface area contributed by atoms with Crippen LogP contribution in [-0.2, 0) is 4.74 Å². The molecule has 0 bridgehead atoms. The highest BCUT2D eigenvalue weighted by Crippen LogP contribution is 2.24. The van der Waals surface area contributed by atoms with Crippen molar-refractivity contribution in [2.24, 2.45) is 5.41 Å². The number of ether oxygens (including phenoxy) is 1. The second-order valence-electron chi connectivity index (χ2n) is 3.66. The number of hydrogen-bond acceptors (Lipinski definition) is 1. The van der Waals surface area contributed by atoms with Crippen molar-refractivity contribution in [3.63, 3.8) is 0 Å². The molecule has 0 spiro atoms. The van der Waals surface area contributed by atoms with Crippen molar-refractivity contribution in [3.05, 3.63) is 0 Å². The van der Waals surface area contributed by atoms with Gasteiger partial charge in [-0.05, 0) is 20.3 Å². The van der Waals surface area contributed by atoms with Gasteiger partial charge < -0.3 is 4.74 Å². The first-order chi connectivity index (χ1) is 5.04. The van der Waals surface area contributed by atoms with Gasteiger partial charge in [0.2, 0.25) is 0 Å². The molecule has 0 aromatic rings. The van der Waals surface area contributed by atoms with Gasteiger partial charge in [-0.25, -0.2) is 0 Å². The highest BCUT2D eigenvalue weighted by atomic mass is 79.9. The van der Waals surface area contributed by atoms with Crippen LogP contribution in [0.15, 0.2) is 0 Å². The summed E-state index contributed by atoms with van der Waals surface area (Å²) in [5.41, 5.74) is 0.310. The third kappa shape index (κ3) is 4.81. The van der Waals surface area contributed by atoms with Gasteiger partial charge in [0.15, 0.2) is 0 Å². The molecule has 0 aliphatic carbocycles. The van der Waals surface area contributed by atoms with Gasteiger partial charge in [0, 0.05) is 10.7 Å². The van der Waals surface area contributed by atoms with Crippen molar-refractivity contribution in [2.75, 3.05) is 11.9 Å². The van der Waals surface area contributed by atoms with Crippen LogP contribution in [0.25, 0.3) is 0 Å². The lowest BCUT2D eigenvalue weighted by atomic mass is 9.91. The molecule has 1 unspecified atom stereocenters. The molecule has 0 amide bonds. The summed E-state index contributed by atoms with van der Waals surface area (Å²) in [6.07, 6.45) is 1.50. The molecule has 0 saturated carbocycles. The quantitative estimate of drug-likeness (QED) is 0.650. The normalized spacial score (nSPS) is 16.9. The molecule has 0 heterocycles. The number of halogens is 1. The smallest absolute Gasteiger partial charge is 0.0531 e. The number of rotatable bonds is 5. The van der Waals surface area contributed by atoms with Crippen LogP contribution < -0.4 is 0 Å². The van der Waals surface area contributed by atoms with E-state index >= 15 is 0 Å². The Morgan fingerprint density at radius 3 is 2.27 bits per heavy atom. The summed E-state index contributed by atoms with van der Waals surface area (Å²) < 4.78 is 5.56. The Balaban J connectivity index is 3.69. The molecule has 0 saturated heterocycles. The fourth-order valence-corrected chi connectivity index (χ4v) is 1.16. The zero-order valence-electron chi connectivity index (χ0n) is 7.98. The summed E-state index contributed by atoms with van der Waals surface area (Å²) in [6, 6.07) is 0. The lowest BCUT2D eigenvalue weighted by molar-refractivity contribution is 0.0225. The summed E-state index contributed by atoms with van der Waals surface area (Å²) in [7, 11) is 0. The Kier molecular flexibility index (Phi) is 5.36. The van der Waals surface area contributed by atoms with Crippen molar-refractivity contribution in [3.8, 4) is 0 Å². The summed E-state index contributed by atoms with van der Waals surface area (Å²) >= 11 is 3.50. The summed E-state index contributed by atoms with van der Waals surface area (Å²) in [5.74, 6) is 0. The minimum atomic E-state index is 0.310. The molecule has 68 valence electrons. The Morgan fingerprint density at radius 2 is 2.00 bits per heavy atom. The highest BCUT2D eigenvalue weighted by molar-refractivity contribution is 9.09. The zero-order chi connectivity index (χ0) is 8.91. The van der Waals surface area contributed by atoms with Crippen LogP contribution in [0.5, 0.6) is 0 Å². The topological polar surface area (TPSA) is 9.23 Å². The van der Waals surface area contributed by atoms with Crippen LogP contribution in [0.4, 0.5) is 0 Å². The van der Waals surface area contributed by atoms with Crippen LogP contribution in [0.2, 0.25) is 0 Å². The van der Waals surface area contributed by atoms with E-state index in [4.69, 9.17) is 4.74 Å². The van der Waals surface area contributed by atoms with E-state index in [2.05, 4.69) is 43.6 Å². The second kappa shape index (κ2) is 5.15. The van der Waals surface area contributed by atoms with Gasteiger partial charge in [0.1, 0.15) is 0 Å². The first-order valence-corrected chi connectivity index (χ1v) is 5.34. The van der Waals surface area contributed by atoms with E-state index < -0.39 is 0 Å². The first-order valence-electron chi connectivity index (χ1n) is 4.21. The number of hydrogen-bond donors (Lipinski definition) is 0. The number of alkyl halides is 1. The molecule has 0 fully saturated rings. The van der Waals surface area contributed by atoms with Crippen LogP contribution in [-0.4, -0.2) is 18.0 Å². The summed E-state index contributed by atoms with van der Waals surface area (Å²) in [6.45, 7) is 9.44. The second-order valence-corrected chi connectivity index (χ2v) is 4.22. The maximum Gasteiger partial charge on any atom is 0.0531 e. The van der Waals surface area contributed by atoms with Crippen LogP contribution in [0, 0.1) is 5.41 Å². The average Bonchev–Trinajstić information content (AvgIpc) is 2.00. The summed E-state index contributed by atoms with van der Waals surface area (Å²) in [4.78, 5) is 0. The van der Waals surface area contributed by atoms with Gasteiger partial charge in [-0.15, -0.1) is 0 Å². The standard InChI is InChI=1S/C9H19BrO/c1-5-9(4,6-10)7-11-8(2)3/h8H,5-7H2,1-4H3.